The van der Waals surface area contributed by atoms with E-state index in [0.29, 0.717) is 23.7 Å². The third kappa shape index (κ3) is 5.65. The van der Waals surface area contributed by atoms with Crippen molar-refractivity contribution in [3.8, 4) is 0 Å². The van der Waals surface area contributed by atoms with Crippen LogP contribution in [0.2, 0.25) is 0 Å². The van der Waals surface area contributed by atoms with E-state index in [1.807, 2.05) is 43.3 Å². The maximum Gasteiger partial charge on any atom is 0.273 e. The van der Waals surface area contributed by atoms with Crippen molar-refractivity contribution >= 4 is 51.5 Å². The third-order valence-corrected chi connectivity index (χ3v) is 7.01. The number of benzene rings is 2. The molecule has 3 amide bonds. The number of hydrogen-bond acceptors (Lipinski definition) is 7. The Balaban J connectivity index is 1.88. The van der Waals surface area contributed by atoms with Crippen molar-refractivity contribution in [2.24, 2.45) is 11.7 Å². The standard InChI is InChI=1S/C28H30N6O3S/c1-16(2)12-14-32-27(36)24(19-8-11-21-18(15-19)5-4-13-31-21)34(20-9-6-17(3)7-10-20)28(37)25-22(29)23(26(30)35)33-38-25/h4-11,13,15-16,24H,12,14,29H2,1-3H3,(H2,30,35)(H,32,36). The summed E-state index contributed by atoms with van der Waals surface area (Å²) in [6.07, 6.45) is 2.48. The number of amides is 3. The normalized spacial score (nSPS) is 11.9. The number of hydrogen-bond donors (Lipinski definition) is 3. The molecule has 2 aromatic carbocycles. The predicted octanol–water partition coefficient (Wildman–Crippen LogP) is 4.23. The summed E-state index contributed by atoms with van der Waals surface area (Å²) in [6.45, 7) is 6.53. The van der Waals surface area contributed by atoms with Crippen LogP contribution in [0.3, 0.4) is 0 Å². The van der Waals surface area contributed by atoms with Gasteiger partial charge in [-0.3, -0.25) is 24.3 Å². The molecule has 0 aliphatic carbocycles. The van der Waals surface area contributed by atoms with Crippen LogP contribution in [0.4, 0.5) is 11.4 Å². The number of fused-ring (bicyclic) bond motifs is 1. The Bertz CT molecular complexity index is 1480. The van der Waals surface area contributed by atoms with Crippen LogP contribution in [0.1, 0.15) is 57.6 Å². The van der Waals surface area contributed by atoms with Gasteiger partial charge < -0.3 is 16.8 Å². The van der Waals surface area contributed by atoms with Gasteiger partial charge in [-0.05, 0) is 66.7 Å². The number of aromatic nitrogens is 2. The first-order chi connectivity index (χ1) is 18.2. The minimum atomic E-state index is -1.04. The molecular weight excluding hydrogens is 500 g/mol. The number of carbonyl (C=O) groups excluding carboxylic acids is 3. The Hall–Kier alpha value is -4.31. The minimum Gasteiger partial charge on any atom is -0.395 e. The van der Waals surface area contributed by atoms with E-state index in [2.05, 4.69) is 28.5 Å². The van der Waals surface area contributed by atoms with Crippen molar-refractivity contribution in [2.45, 2.75) is 33.2 Å². The first kappa shape index (κ1) is 26.7. The Morgan fingerprint density at radius 3 is 2.47 bits per heavy atom. The molecule has 0 fully saturated rings. The summed E-state index contributed by atoms with van der Waals surface area (Å²) in [5.41, 5.74) is 14.1. The molecule has 4 aromatic rings. The van der Waals surface area contributed by atoms with Crippen LogP contribution in [0.5, 0.6) is 0 Å². The van der Waals surface area contributed by atoms with Gasteiger partial charge in [0.15, 0.2) is 5.69 Å². The number of primary amides is 1. The summed E-state index contributed by atoms with van der Waals surface area (Å²) in [5, 5.41) is 3.83. The first-order valence-electron chi connectivity index (χ1n) is 12.2. The van der Waals surface area contributed by atoms with E-state index in [0.717, 1.165) is 34.4 Å². The molecule has 0 bridgehead atoms. The van der Waals surface area contributed by atoms with Gasteiger partial charge in [-0.2, -0.15) is 4.37 Å². The first-order valence-corrected chi connectivity index (χ1v) is 13.0. The van der Waals surface area contributed by atoms with Gasteiger partial charge in [-0.1, -0.05) is 43.7 Å². The van der Waals surface area contributed by atoms with Crippen LogP contribution < -0.4 is 21.7 Å². The lowest BCUT2D eigenvalue weighted by molar-refractivity contribution is -0.122. The number of nitrogen functional groups attached to an aromatic ring is 1. The molecule has 9 nitrogen and oxygen atoms in total. The van der Waals surface area contributed by atoms with Crippen molar-refractivity contribution in [2.75, 3.05) is 17.2 Å². The van der Waals surface area contributed by atoms with Crippen molar-refractivity contribution in [3.63, 3.8) is 0 Å². The van der Waals surface area contributed by atoms with Gasteiger partial charge >= 0.3 is 0 Å². The molecule has 0 aliphatic rings. The summed E-state index contributed by atoms with van der Waals surface area (Å²) in [7, 11) is 0. The molecule has 0 saturated heterocycles. The molecular formula is C28H30N6O3S. The van der Waals surface area contributed by atoms with Gasteiger partial charge in [0.1, 0.15) is 10.9 Å². The molecule has 0 aliphatic heterocycles. The third-order valence-electron chi connectivity index (χ3n) is 6.16. The molecule has 0 spiro atoms. The van der Waals surface area contributed by atoms with Crippen molar-refractivity contribution < 1.29 is 14.4 Å². The number of anilines is 2. The van der Waals surface area contributed by atoms with Gasteiger partial charge in [-0.25, -0.2) is 0 Å². The average molecular weight is 531 g/mol. The summed E-state index contributed by atoms with van der Waals surface area (Å²) in [5.74, 6) is -1.35. The zero-order chi connectivity index (χ0) is 27.4. The van der Waals surface area contributed by atoms with Crippen LogP contribution in [0, 0.1) is 12.8 Å². The maximum absolute atomic E-state index is 14.1. The van der Waals surface area contributed by atoms with Crippen LogP contribution in [0.25, 0.3) is 10.9 Å². The van der Waals surface area contributed by atoms with Gasteiger partial charge in [0.05, 0.1) is 11.2 Å². The van der Waals surface area contributed by atoms with Crippen LogP contribution in [0.15, 0.2) is 60.8 Å². The van der Waals surface area contributed by atoms with Crippen molar-refractivity contribution in [1.29, 1.82) is 0 Å². The molecule has 0 saturated carbocycles. The van der Waals surface area contributed by atoms with E-state index in [-0.39, 0.29) is 22.2 Å². The lowest BCUT2D eigenvalue weighted by Crippen LogP contribution is -2.44. The Morgan fingerprint density at radius 1 is 1.08 bits per heavy atom. The fourth-order valence-electron chi connectivity index (χ4n) is 4.09. The Morgan fingerprint density at radius 2 is 1.82 bits per heavy atom. The molecule has 10 heteroatoms. The summed E-state index contributed by atoms with van der Waals surface area (Å²) in [6, 6.07) is 15.4. The molecule has 0 radical (unpaired) electrons. The highest BCUT2D eigenvalue weighted by molar-refractivity contribution is 7.09. The van der Waals surface area contributed by atoms with Crippen LogP contribution in [-0.4, -0.2) is 33.6 Å². The summed E-state index contributed by atoms with van der Waals surface area (Å²) < 4.78 is 4.00. The second kappa shape index (κ2) is 11.4. The molecule has 38 heavy (non-hydrogen) atoms. The lowest BCUT2D eigenvalue weighted by Gasteiger charge is -2.31. The predicted molar refractivity (Wildman–Crippen MR) is 150 cm³/mol. The van der Waals surface area contributed by atoms with Crippen LogP contribution in [-0.2, 0) is 4.79 Å². The molecule has 2 heterocycles. The topological polar surface area (TPSA) is 144 Å². The van der Waals surface area contributed by atoms with Crippen molar-refractivity contribution in [3.05, 3.63) is 82.5 Å². The molecule has 2 aromatic heterocycles. The van der Waals surface area contributed by atoms with Gasteiger partial charge in [-0.15, -0.1) is 0 Å². The van der Waals surface area contributed by atoms with Gasteiger partial charge in [0.25, 0.3) is 11.8 Å². The van der Waals surface area contributed by atoms with E-state index in [4.69, 9.17) is 11.5 Å². The van der Waals surface area contributed by atoms with E-state index in [1.54, 1.807) is 24.4 Å². The molecule has 1 unspecified atom stereocenters. The molecule has 5 N–H and O–H groups in total. The number of nitrogens with zero attached hydrogens (tertiary/aromatic N) is 3. The average Bonchev–Trinajstić information content (AvgIpc) is 3.28. The Kier molecular flexibility index (Phi) is 8.02. The van der Waals surface area contributed by atoms with Crippen LogP contribution >= 0.6 is 11.5 Å². The second-order valence-corrected chi connectivity index (χ2v) is 10.3. The quantitative estimate of drug-likeness (QED) is 0.295. The zero-order valence-electron chi connectivity index (χ0n) is 21.5. The highest BCUT2D eigenvalue weighted by atomic mass is 32.1. The van der Waals surface area contributed by atoms with E-state index >= 15 is 0 Å². The molecule has 196 valence electrons. The molecule has 1 atom stereocenters. The fraction of sp³-hybridized carbons (Fsp3) is 0.250. The highest BCUT2D eigenvalue weighted by Gasteiger charge is 2.36. The highest BCUT2D eigenvalue weighted by Crippen LogP contribution is 2.34. The fourth-order valence-corrected chi connectivity index (χ4v) is 4.83. The van der Waals surface area contributed by atoms with E-state index in [1.165, 1.54) is 4.90 Å². The second-order valence-electron chi connectivity index (χ2n) is 9.48. The van der Waals surface area contributed by atoms with E-state index in [9.17, 15) is 14.4 Å². The number of pyridine rings is 1. The largest absolute Gasteiger partial charge is 0.395 e. The maximum atomic E-state index is 14.1. The minimum absolute atomic E-state index is 0.0295. The zero-order valence-corrected chi connectivity index (χ0v) is 22.3. The Labute approximate surface area is 225 Å². The smallest absolute Gasteiger partial charge is 0.273 e. The lowest BCUT2D eigenvalue weighted by atomic mass is 10.00. The van der Waals surface area contributed by atoms with Gasteiger partial charge in [0, 0.05) is 23.8 Å². The summed E-state index contributed by atoms with van der Waals surface area (Å²) >= 11 is 0.779. The molecule has 4 rings (SSSR count). The number of aryl methyl sites for hydroxylation is 1. The number of nitrogens with two attached hydrogens (primary N) is 2. The SMILES string of the molecule is Cc1ccc(N(C(=O)c2snc(C(N)=O)c2N)C(C(=O)NCCC(C)C)c2ccc3ncccc3c2)cc1. The summed E-state index contributed by atoms with van der Waals surface area (Å²) in [4.78, 5) is 45.6. The number of nitrogens with one attached hydrogen (secondary N) is 1. The monoisotopic (exact) mass is 530 g/mol. The van der Waals surface area contributed by atoms with E-state index < -0.39 is 17.9 Å². The van der Waals surface area contributed by atoms with Crippen molar-refractivity contribution in [1.82, 2.24) is 14.7 Å². The number of carbonyl (C=O) groups is 3. The number of rotatable bonds is 9. The van der Waals surface area contributed by atoms with Gasteiger partial charge in [0.2, 0.25) is 5.91 Å².